The van der Waals surface area contributed by atoms with Crippen LogP contribution in [-0.4, -0.2) is 64.3 Å². The first-order valence-corrected chi connectivity index (χ1v) is 13.9. The lowest BCUT2D eigenvalue weighted by atomic mass is 9.72. The highest BCUT2D eigenvalue weighted by Crippen LogP contribution is 2.43. The highest BCUT2D eigenvalue weighted by atomic mass is 35.5. The van der Waals surface area contributed by atoms with Crippen LogP contribution in [0, 0.1) is 0 Å². The molecule has 2 aliphatic rings. The molecular formula is C30H39ClN2O5. The van der Waals surface area contributed by atoms with Gasteiger partial charge in [0.1, 0.15) is 18.0 Å². The maximum Gasteiger partial charge on any atom is 0.410 e. The van der Waals surface area contributed by atoms with Gasteiger partial charge in [-0.15, -0.1) is 0 Å². The maximum absolute atomic E-state index is 14.0. The van der Waals surface area contributed by atoms with E-state index in [-0.39, 0.29) is 12.0 Å². The summed E-state index contributed by atoms with van der Waals surface area (Å²) in [5.74, 6) is -0.337. The number of carbonyl (C=O) groups excluding carboxylic acids is 2. The van der Waals surface area contributed by atoms with Gasteiger partial charge in [0.2, 0.25) is 5.91 Å². The summed E-state index contributed by atoms with van der Waals surface area (Å²) < 4.78 is 11.4. The predicted molar refractivity (Wildman–Crippen MR) is 147 cm³/mol. The zero-order chi connectivity index (χ0) is 27.3. The molecule has 38 heavy (non-hydrogen) atoms. The highest BCUT2D eigenvalue weighted by Gasteiger charge is 2.45. The second-order valence-electron chi connectivity index (χ2n) is 11.4. The molecule has 2 aromatic carbocycles. The minimum absolute atomic E-state index is 0.132. The Morgan fingerprint density at radius 1 is 0.974 bits per heavy atom. The lowest BCUT2D eigenvalue weighted by Gasteiger charge is -2.43. The molecule has 8 heteroatoms. The number of amides is 2. The Kier molecular flexibility index (Phi) is 8.89. The number of benzene rings is 2. The van der Waals surface area contributed by atoms with Crippen LogP contribution in [0.15, 0.2) is 48.5 Å². The van der Waals surface area contributed by atoms with E-state index >= 15 is 0 Å². The number of piperazine rings is 1. The monoisotopic (exact) mass is 542 g/mol. The van der Waals surface area contributed by atoms with Crippen LogP contribution in [0.25, 0.3) is 0 Å². The van der Waals surface area contributed by atoms with Crippen molar-refractivity contribution < 1.29 is 24.2 Å². The van der Waals surface area contributed by atoms with Crippen LogP contribution in [0.4, 0.5) is 4.79 Å². The molecule has 1 heterocycles. The fourth-order valence-electron chi connectivity index (χ4n) is 5.30. The van der Waals surface area contributed by atoms with Crippen molar-refractivity contribution >= 4 is 23.6 Å². The molecular weight excluding hydrogens is 504 g/mol. The molecule has 0 unspecified atom stereocenters. The fourth-order valence-corrected chi connectivity index (χ4v) is 5.55. The van der Waals surface area contributed by atoms with Gasteiger partial charge in [0, 0.05) is 26.2 Å². The third-order valence-corrected chi connectivity index (χ3v) is 7.57. The van der Waals surface area contributed by atoms with Crippen molar-refractivity contribution in [2.45, 2.75) is 76.6 Å². The Labute approximate surface area is 230 Å². The highest BCUT2D eigenvalue weighted by molar-refractivity contribution is 6.32. The van der Waals surface area contributed by atoms with E-state index in [1.165, 1.54) is 0 Å². The molecule has 206 valence electrons. The third-order valence-electron chi connectivity index (χ3n) is 7.27. The molecule has 1 saturated heterocycles. The average Bonchev–Trinajstić information content (AvgIpc) is 2.88. The van der Waals surface area contributed by atoms with Gasteiger partial charge in [-0.3, -0.25) is 4.79 Å². The summed E-state index contributed by atoms with van der Waals surface area (Å²) in [4.78, 5) is 29.9. The van der Waals surface area contributed by atoms with Gasteiger partial charge in [-0.25, -0.2) is 4.79 Å². The SMILES string of the molecule is CC(C)(C)OC(=O)N1CCN(C(=O)[C@@H](c2ccc(OCc3ccccc3)c(Cl)c2)C2(O)CCCCC2)CC1. The van der Waals surface area contributed by atoms with E-state index < -0.39 is 17.1 Å². The predicted octanol–water partition coefficient (Wildman–Crippen LogP) is 5.78. The van der Waals surface area contributed by atoms with Crippen LogP contribution in [0.2, 0.25) is 5.02 Å². The van der Waals surface area contributed by atoms with Crippen molar-refractivity contribution in [1.82, 2.24) is 9.80 Å². The third kappa shape index (κ3) is 7.00. The maximum atomic E-state index is 14.0. The number of carbonyl (C=O) groups is 2. The quantitative estimate of drug-likeness (QED) is 0.501. The summed E-state index contributed by atoms with van der Waals surface area (Å²) >= 11 is 6.63. The van der Waals surface area contributed by atoms with Crippen LogP contribution in [-0.2, 0) is 16.1 Å². The van der Waals surface area contributed by atoms with Crippen LogP contribution < -0.4 is 4.74 Å². The number of hydrogen-bond acceptors (Lipinski definition) is 5. The first kappa shape index (κ1) is 28.2. The molecule has 1 saturated carbocycles. The summed E-state index contributed by atoms with van der Waals surface area (Å²) in [5.41, 5.74) is -0.00279. The molecule has 0 aromatic heterocycles. The van der Waals surface area contributed by atoms with Gasteiger partial charge in [0.25, 0.3) is 0 Å². The molecule has 2 aromatic rings. The standard InChI is InChI=1S/C30H39ClN2O5/c1-29(2,3)38-28(35)33-18-16-32(17-19-33)27(34)26(30(36)14-8-5-9-15-30)23-12-13-25(24(31)20-23)37-21-22-10-6-4-7-11-22/h4,6-7,10-13,20,26,36H,5,8-9,14-19,21H2,1-3H3/t26-/m1/s1. The van der Waals surface area contributed by atoms with Crippen LogP contribution in [0.1, 0.15) is 69.9 Å². The second-order valence-corrected chi connectivity index (χ2v) is 11.8. The largest absolute Gasteiger partial charge is 0.487 e. The number of halogens is 1. The summed E-state index contributed by atoms with van der Waals surface area (Å²) in [7, 11) is 0. The summed E-state index contributed by atoms with van der Waals surface area (Å²) in [6.07, 6.45) is 3.54. The van der Waals surface area contributed by atoms with Gasteiger partial charge < -0.3 is 24.4 Å². The van der Waals surface area contributed by atoms with E-state index in [2.05, 4.69) is 0 Å². The first-order chi connectivity index (χ1) is 18.1. The molecule has 0 bridgehead atoms. The summed E-state index contributed by atoms with van der Waals surface area (Å²) in [6.45, 7) is 7.44. The first-order valence-electron chi connectivity index (χ1n) is 13.5. The van der Waals surface area contributed by atoms with Crippen molar-refractivity contribution in [1.29, 1.82) is 0 Å². The van der Waals surface area contributed by atoms with Crippen LogP contribution >= 0.6 is 11.6 Å². The Morgan fingerprint density at radius 3 is 2.21 bits per heavy atom. The Hall–Kier alpha value is -2.77. The molecule has 1 aliphatic heterocycles. The number of nitrogens with zero attached hydrogens (tertiary/aromatic N) is 2. The summed E-state index contributed by atoms with van der Waals surface area (Å²) in [5, 5.41) is 12.2. The normalized spacial score (nSPS) is 18.6. The van der Waals surface area contributed by atoms with Gasteiger partial charge in [0.05, 0.1) is 16.5 Å². The van der Waals surface area contributed by atoms with Gasteiger partial charge in [-0.1, -0.05) is 67.3 Å². The molecule has 1 N–H and O–H groups in total. The second kappa shape index (κ2) is 12.0. The molecule has 1 atom stereocenters. The van der Waals surface area contributed by atoms with Crippen LogP contribution in [0.5, 0.6) is 5.75 Å². The van der Waals surface area contributed by atoms with E-state index in [9.17, 15) is 14.7 Å². The molecule has 0 radical (unpaired) electrons. The molecule has 7 nitrogen and oxygen atoms in total. The Bertz CT molecular complexity index is 1100. The zero-order valence-corrected chi connectivity index (χ0v) is 23.4. The molecule has 2 fully saturated rings. The minimum Gasteiger partial charge on any atom is -0.487 e. The Balaban J connectivity index is 1.50. The van der Waals surface area contributed by atoms with Gasteiger partial charge >= 0.3 is 6.09 Å². The topological polar surface area (TPSA) is 79.3 Å². The molecule has 0 spiro atoms. The Morgan fingerprint density at radius 2 is 1.61 bits per heavy atom. The van der Waals surface area contributed by atoms with E-state index in [1.807, 2.05) is 57.2 Å². The van der Waals surface area contributed by atoms with E-state index in [0.717, 1.165) is 24.8 Å². The average molecular weight is 543 g/mol. The van der Waals surface area contributed by atoms with E-state index in [1.54, 1.807) is 21.9 Å². The zero-order valence-electron chi connectivity index (χ0n) is 22.6. The van der Waals surface area contributed by atoms with Gasteiger partial charge in [-0.05, 0) is 56.9 Å². The lowest BCUT2D eigenvalue weighted by Crippen LogP contribution is -2.55. The molecule has 1 aliphatic carbocycles. The molecule has 2 amide bonds. The lowest BCUT2D eigenvalue weighted by molar-refractivity contribution is -0.143. The number of ether oxygens (including phenoxy) is 2. The number of hydrogen-bond donors (Lipinski definition) is 1. The molecule has 4 rings (SSSR count). The van der Waals surface area contributed by atoms with Crippen molar-refractivity contribution in [3.05, 3.63) is 64.7 Å². The van der Waals surface area contributed by atoms with E-state index in [0.29, 0.717) is 62.0 Å². The van der Waals surface area contributed by atoms with Crippen molar-refractivity contribution in [2.75, 3.05) is 26.2 Å². The van der Waals surface area contributed by atoms with Gasteiger partial charge in [0.15, 0.2) is 0 Å². The summed E-state index contributed by atoms with van der Waals surface area (Å²) in [6, 6.07) is 15.2. The van der Waals surface area contributed by atoms with Gasteiger partial charge in [-0.2, -0.15) is 0 Å². The van der Waals surface area contributed by atoms with Crippen molar-refractivity contribution in [2.24, 2.45) is 0 Å². The number of rotatable bonds is 6. The minimum atomic E-state index is -1.15. The fraction of sp³-hybridized carbons (Fsp3) is 0.533. The number of aliphatic hydroxyl groups is 1. The van der Waals surface area contributed by atoms with Crippen LogP contribution in [0.3, 0.4) is 0 Å². The smallest absolute Gasteiger partial charge is 0.410 e. The van der Waals surface area contributed by atoms with Crippen molar-refractivity contribution in [3.8, 4) is 5.75 Å². The van der Waals surface area contributed by atoms with E-state index in [4.69, 9.17) is 21.1 Å². The van der Waals surface area contributed by atoms with Crippen molar-refractivity contribution in [3.63, 3.8) is 0 Å².